The van der Waals surface area contributed by atoms with Crippen LogP contribution in [0.4, 0.5) is 4.39 Å². The topological polar surface area (TPSA) is 115 Å². The molecule has 0 unspecified atom stereocenters. The zero-order chi connectivity index (χ0) is 21.1. The van der Waals surface area contributed by atoms with Gasteiger partial charge in [-0.05, 0) is 38.5 Å². The summed E-state index contributed by atoms with van der Waals surface area (Å²) in [4.78, 5) is 25.1. The van der Waals surface area contributed by atoms with E-state index in [0.29, 0.717) is 0 Å². The second kappa shape index (κ2) is 6.60. The van der Waals surface area contributed by atoms with E-state index in [9.17, 15) is 30.0 Å². The van der Waals surface area contributed by atoms with E-state index in [0.717, 1.165) is 0 Å². The van der Waals surface area contributed by atoms with Gasteiger partial charge in [0, 0.05) is 24.2 Å². The normalized spacial score (nSPS) is 50.6. The number of hydrogen-bond donors (Lipinski definition) is 4. The molecule has 0 aromatic carbocycles. The standard InChI is InChI=1S/C21H29FO6/c1-4-5-8-18(2)14(24)7-6-12-13-9-15(25)21(28,17(27)11-23)19(13,3)10-16(26)20(12,18)22/h1,12-13,15-16,23,25-26,28H,5-11H2,2-3H3/t12-,13-,15+,16-,18-,19-,20-,21-/m0/s1. The van der Waals surface area contributed by atoms with Gasteiger partial charge in [-0.25, -0.2) is 4.39 Å². The minimum Gasteiger partial charge on any atom is -0.390 e. The zero-order valence-electron chi connectivity index (χ0n) is 16.3. The molecule has 28 heavy (non-hydrogen) atoms. The molecular formula is C21H29FO6. The molecule has 0 aromatic heterocycles. The fourth-order valence-corrected chi connectivity index (χ4v) is 6.58. The lowest BCUT2D eigenvalue weighted by Crippen LogP contribution is -2.71. The van der Waals surface area contributed by atoms with Crippen molar-refractivity contribution in [1.29, 1.82) is 0 Å². The lowest BCUT2D eigenvalue weighted by Gasteiger charge is -2.61. The number of carbonyl (C=O) groups excluding carboxylic acids is 2. The van der Waals surface area contributed by atoms with Crippen LogP contribution in [0.2, 0.25) is 0 Å². The summed E-state index contributed by atoms with van der Waals surface area (Å²) in [6.07, 6.45) is 2.44. The van der Waals surface area contributed by atoms with Crippen LogP contribution >= 0.6 is 0 Å². The van der Waals surface area contributed by atoms with E-state index in [-0.39, 0.29) is 44.3 Å². The molecule has 0 aromatic rings. The highest BCUT2D eigenvalue weighted by Gasteiger charge is 2.76. The summed E-state index contributed by atoms with van der Waals surface area (Å²) in [7, 11) is 0. The quantitative estimate of drug-likeness (QED) is 0.516. The maximum Gasteiger partial charge on any atom is 0.192 e. The Hall–Kier alpha value is -1.33. The first-order valence-corrected chi connectivity index (χ1v) is 9.83. The van der Waals surface area contributed by atoms with Gasteiger partial charge in [-0.2, -0.15) is 0 Å². The van der Waals surface area contributed by atoms with E-state index in [1.54, 1.807) is 6.92 Å². The predicted molar refractivity (Wildman–Crippen MR) is 97.6 cm³/mol. The first kappa shape index (κ1) is 21.4. The van der Waals surface area contributed by atoms with Crippen LogP contribution in [0.5, 0.6) is 0 Å². The fraction of sp³-hybridized carbons (Fsp3) is 0.810. The van der Waals surface area contributed by atoms with Gasteiger partial charge in [0.25, 0.3) is 0 Å². The number of terminal acetylenes is 1. The van der Waals surface area contributed by atoms with E-state index < -0.39 is 58.5 Å². The fourth-order valence-electron chi connectivity index (χ4n) is 6.58. The average Bonchev–Trinajstić information content (AvgIpc) is 2.85. The molecule has 156 valence electrons. The second-order valence-corrected chi connectivity index (χ2v) is 9.22. The minimum atomic E-state index is -2.27. The van der Waals surface area contributed by atoms with E-state index in [4.69, 9.17) is 6.42 Å². The van der Waals surface area contributed by atoms with Crippen molar-refractivity contribution in [2.75, 3.05) is 6.61 Å². The smallest absolute Gasteiger partial charge is 0.192 e. The summed E-state index contributed by atoms with van der Waals surface area (Å²) < 4.78 is 16.7. The maximum atomic E-state index is 16.7. The predicted octanol–water partition coefficient (Wildman–Crippen LogP) is 0.538. The molecule has 0 spiro atoms. The molecule has 0 aliphatic heterocycles. The molecule has 3 rings (SSSR count). The molecule has 0 radical (unpaired) electrons. The highest BCUT2D eigenvalue weighted by atomic mass is 19.1. The van der Waals surface area contributed by atoms with Crippen LogP contribution in [0.15, 0.2) is 0 Å². The third-order valence-corrected chi connectivity index (χ3v) is 8.26. The Kier molecular flexibility index (Phi) is 5.04. The lowest BCUT2D eigenvalue weighted by atomic mass is 9.45. The molecule has 3 saturated carbocycles. The number of halogens is 1. The number of fused-ring (bicyclic) bond motifs is 3. The lowest BCUT2D eigenvalue weighted by molar-refractivity contribution is -0.234. The number of aliphatic hydroxyl groups is 4. The number of hydrogen-bond acceptors (Lipinski definition) is 6. The Morgan fingerprint density at radius 2 is 1.93 bits per heavy atom. The summed E-state index contributed by atoms with van der Waals surface area (Å²) in [5, 5.41) is 41.9. The van der Waals surface area contributed by atoms with Crippen LogP contribution in [0, 0.1) is 35.0 Å². The molecule has 0 heterocycles. The van der Waals surface area contributed by atoms with Gasteiger partial charge in [0.05, 0.1) is 17.6 Å². The molecule has 8 atom stereocenters. The second-order valence-electron chi connectivity index (χ2n) is 9.22. The van der Waals surface area contributed by atoms with Crippen LogP contribution in [0.1, 0.15) is 52.4 Å². The summed E-state index contributed by atoms with van der Waals surface area (Å²) >= 11 is 0. The first-order valence-electron chi connectivity index (χ1n) is 9.83. The number of Topliss-reactive ketones (excluding diaryl/α,β-unsaturated/α-hetero) is 2. The van der Waals surface area contributed by atoms with Crippen molar-refractivity contribution in [2.24, 2.45) is 22.7 Å². The molecule has 6 nitrogen and oxygen atoms in total. The Labute approximate surface area is 164 Å². The van der Waals surface area contributed by atoms with Gasteiger partial charge in [-0.1, -0.05) is 6.92 Å². The molecular weight excluding hydrogens is 367 g/mol. The molecule has 0 amide bonds. The van der Waals surface area contributed by atoms with E-state index in [2.05, 4.69) is 5.92 Å². The van der Waals surface area contributed by atoms with Gasteiger partial charge in [0.2, 0.25) is 0 Å². The number of carbonyl (C=O) groups is 2. The van der Waals surface area contributed by atoms with Crippen molar-refractivity contribution >= 4 is 11.6 Å². The molecule has 4 N–H and O–H groups in total. The van der Waals surface area contributed by atoms with E-state index >= 15 is 4.39 Å². The Morgan fingerprint density at radius 1 is 1.29 bits per heavy atom. The molecule has 3 aliphatic carbocycles. The largest absolute Gasteiger partial charge is 0.390 e. The summed E-state index contributed by atoms with van der Waals surface area (Å²) in [6.45, 7) is 2.09. The molecule has 3 fully saturated rings. The first-order chi connectivity index (χ1) is 12.9. The number of ketones is 2. The van der Waals surface area contributed by atoms with Gasteiger partial charge in [0.15, 0.2) is 17.1 Å². The van der Waals surface area contributed by atoms with E-state index in [1.165, 1.54) is 6.92 Å². The van der Waals surface area contributed by atoms with Gasteiger partial charge < -0.3 is 20.4 Å². The zero-order valence-corrected chi connectivity index (χ0v) is 16.3. The van der Waals surface area contributed by atoms with Gasteiger partial charge in [0.1, 0.15) is 12.4 Å². The van der Waals surface area contributed by atoms with Crippen LogP contribution in [-0.4, -0.2) is 62.1 Å². The van der Waals surface area contributed by atoms with Crippen LogP contribution in [-0.2, 0) is 9.59 Å². The highest BCUT2D eigenvalue weighted by Crippen LogP contribution is 2.68. The SMILES string of the molecule is C#CCC[C@@]1(C)C(=O)CC[C@H]2[C@@H]3C[C@@H](O)[C@](O)(C(=O)CO)[C@@]3(C)C[C@H](O)[C@@]21F. The van der Waals surface area contributed by atoms with Crippen molar-refractivity contribution in [3.63, 3.8) is 0 Å². The third-order valence-electron chi connectivity index (χ3n) is 8.26. The van der Waals surface area contributed by atoms with Crippen LogP contribution < -0.4 is 0 Å². The average molecular weight is 396 g/mol. The van der Waals surface area contributed by atoms with Crippen molar-refractivity contribution in [3.8, 4) is 12.3 Å². The van der Waals surface area contributed by atoms with Crippen molar-refractivity contribution < 1.29 is 34.4 Å². The summed E-state index contributed by atoms with van der Waals surface area (Å²) in [6, 6.07) is 0. The van der Waals surface area contributed by atoms with Crippen molar-refractivity contribution in [3.05, 3.63) is 0 Å². The van der Waals surface area contributed by atoms with Gasteiger partial charge >= 0.3 is 0 Å². The van der Waals surface area contributed by atoms with Gasteiger partial charge in [-0.3, -0.25) is 9.59 Å². The number of alkyl halides is 1. The van der Waals surface area contributed by atoms with Crippen molar-refractivity contribution in [2.45, 2.75) is 75.9 Å². The number of rotatable bonds is 4. The molecule has 0 bridgehead atoms. The molecule has 0 saturated heterocycles. The monoisotopic (exact) mass is 396 g/mol. The minimum absolute atomic E-state index is 0.0405. The number of aliphatic hydroxyl groups excluding tert-OH is 3. The van der Waals surface area contributed by atoms with Gasteiger partial charge in [-0.15, -0.1) is 12.3 Å². The summed E-state index contributed by atoms with van der Waals surface area (Å²) in [5.74, 6) is -0.247. The molecule has 7 heteroatoms. The maximum absolute atomic E-state index is 16.7. The summed E-state index contributed by atoms with van der Waals surface area (Å²) in [5.41, 5.74) is -7.34. The van der Waals surface area contributed by atoms with E-state index in [1.807, 2.05) is 0 Å². The Morgan fingerprint density at radius 3 is 2.50 bits per heavy atom. The Balaban J connectivity index is 2.11. The highest BCUT2D eigenvalue weighted by molar-refractivity contribution is 5.91. The van der Waals surface area contributed by atoms with Crippen molar-refractivity contribution in [1.82, 2.24) is 0 Å². The van der Waals surface area contributed by atoms with Crippen LogP contribution in [0.25, 0.3) is 0 Å². The third kappa shape index (κ3) is 2.29. The molecule has 3 aliphatic rings. The van der Waals surface area contributed by atoms with Crippen LogP contribution in [0.3, 0.4) is 0 Å². The Bertz CT molecular complexity index is 733.